The van der Waals surface area contributed by atoms with Gasteiger partial charge in [0, 0.05) is 25.4 Å². The van der Waals surface area contributed by atoms with Crippen LogP contribution in [0.3, 0.4) is 0 Å². The second-order valence-corrected chi connectivity index (χ2v) is 5.36. The Morgan fingerprint density at radius 1 is 1.44 bits per heavy atom. The Bertz CT molecular complexity index is 465. The van der Waals surface area contributed by atoms with Crippen molar-refractivity contribution in [2.45, 2.75) is 31.7 Å². The van der Waals surface area contributed by atoms with Crippen LogP contribution in [-0.2, 0) is 11.8 Å². The van der Waals surface area contributed by atoms with E-state index >= 15 is 0 Å². The third-order valence-corrected chi connectivity index (χ3v) is 3.91. The minimum Gasteiger partial charge on any atom is -0.346 e. The first-order valence-corrected chi connectivity index (χ1v) is 6.68. The van der Waals surface area contributed by atoms with E-state index in [1.54, 1.807) is 6.20 Å². The van der Waals surface area contributed by atoms with Gasteiger partial charge in [0.25, 0.3) is 0 Å². The van der Waals surface area contributed by atoms with Gasteiger partial charge in [0.05, 0.1) is 6.04 Å². The molecule has 18 heavy (non-hydrogen) atoms. The topological polar surface area (TPSA) is 46.9 Å². The van der Waals surface area contributed by atoms with Crippen LogP contribution in [0.4, 0.5) is 0 Å². The Balaban J connectivity index is 1.71. The van der Waals surface area contributed by atoms with Crippen LogP contribution in [0.15, 0.2) is 24.5 Å². The zero-order valence-corrected chi connectivity index (χ0v) is 10.7. The number of carbonyl (C=O) groups excluding carboxylic acids is 1. The van der Waals surface area contributed by atoms with Crippen molar-refractivity contribution in [2.75, 3.05) is 0 Å². The normalized spacial score (nSPS) is 21.2. The number of hydrogen-bond donors (Lipinski definition) is 1. The summed E-state index contributed by atoms with van der Waals surface area (Å²) >= 11 is 0. The van der Waals surface area contributed by atoms with Gasteiger partial charge in [0.1, 0.15) is 5.82 Å². The van der Waals surface area contributed by atoms with Crippen molar-refractivity contribution < 1.29 is 4.79 Å². The molecule has 2 aliphatic rings. The van der Waals surface area contributed by atoms with Crippen LogP contribution >= 0.6 is 0 Å². The highest BCUT2D eigenvalue weighted by Gasteiger charge is 2.36. The molecule has 1 unspecified atom stereocenters. The van der Waals surface area contributed by atoms with Gasteiger partial charge in [0.15, 0.2) is 0 Å². The maximum Gasteiger partial charge on any atom is 0.224 e. The lowest BCUT2D eigenvalue weighted by atomic mass is 10.0. The fourth-order valence-electron chi connectivity index (χ4n) is 2.60. The molecule has 1 saturated carbocycles. The van der Waals surface area contributed by atoms with Gasteiger partial charge in [-0.15, -0.1) is 0 Å². The maximum atomic E-state index is 12.2. The lowest BCUT2D eigenvalue weighted by Gasteiger charge is -2.20. The van der Waals surface area contributed by atoms with Crippen molar-refractivity contribution in [3.63, 3.8) is 0 Å². The molecule has 1 atom stereocenters. The number of amides is 1. The van der Waals surface area contributed by atoms with Crippen LogP contribution in [0, 0.1) is 11.8 Å². The molecule has 1 aromatic rings. The molecule has 1 fully saturated rings. The molecule has 0 bridgehead atoms. The van der Waals surface area contributed by atoms with Crippen molar-refractivity contribution in [1.82, 2.24) is 14.9 Å². The van der Waals surface area contributed by atoms with E-state index in [0.717, 1.165) is 18.7 Å². The summed E-state index contributed by atoms with van der Waals surface area (Å²) in [6.45, 7) is 0. The van der Waals surface area contributed by atoms with Crippen LogP contribution in [0.25, 0.3) is 0 Å². The molecule has 3 rings (SSSR count). The average Bonchev–Trinajstić information content (AvgIpc) is 2.88. The molecule has 0 aromatic carbocycles. The summed E-state index contributed by atoms with van der Waals surface area (Å²) in [5.41, 5.74) is 0. The Hall–Kier alpha value is -1.58. The van der Waals surface area contributed by atoms with Gasteiger partial charge in [-0.3, -0.25) is 4.79 Å². The van der Waals surface area contributed by atoms with Crippen LogP contribution in [0.5, 0.6) is 0 Å². The number of allylic oxidation sites excluding steroid dienone is 2. The minimum absolute atomic E-state index is 0.0955. The number of aryl methyl sites for hydroxylation is 1. The average molecular weight is 245 g/mol. The Morgan fingerprint density at radius 2 is 2.17 bits per heavy atom. The highest BCUT2D eigenvalue weighted by atomic mass is 16.2. The molecule has 1 N–H and O–H groups in total. The second-order valence-electron chi connectivity index (χ2n) is 5.36. The van der Waals surface area contributed by atoms with Crippen molar-refractivity contribution in [3.05, 3.63) is 30.4 Å². The third kappa shape index (κ3) is 2.19. The molecule has 0 spiro atoms. The second kappa shape index (κ2) is 4.59. The van der Waals surface area contributed by atoms with Gasteiger partial charge in [-0.05, 0) is 31.6 Å². The number of aromatic nitrogens is 2. The first kappa shape index (κ1) is 11.5. The molecule has 96 valence electrons. The smallest absolute Gasteiger partial charge is 0.224 e. The summed E-state index contributed by atoms with van der Waals surface area (Å²) in [4.78, 5) is 16.6. The largest absolute Gasteiger partial charge is 0.346 e. The highest BCUT2D eigenvalue weighted by molar-refractivity contribution is 5.79. The van der Waals surface area contributed by atoms with Crippen molar-refractivity contribution in [3.8, 4) is 0 Å². The van der Waals surface area contributed by atoms with E-state index in [2.05, 4.69) is 22.5 Å². The van der Waals surface area contributed by atoms with Gasteiger partial charge >= 0.3 is 0 Å². The van der Waals surface area contributed by atoms with Crippen LogP contribution in [-0.4, -0.2) is 15.5 Å². The Morgan fingerprint density at radius 3 is 2.72 bits per heavy atom. The minimum atomic E-state index is 0.0955. The summed E-state index contributed by atoms with van der Waals surface area (Å²) in [5, 5.41) is 3.20. The lowest BCUT2D eigenvalue weighted by Crippen LogP contribution is -2.35. The molecule has 0 radical (unpaired) electrons. The van der Waals surface area contributed by atoms with Gasteiger partial charge < -0.3 is 9.88 Å². The number of nitrogens with one attached hydrogen (secondary N) is 1. The van der Waals surface area contributed by atoms with E-state index in [4.69, 9.17) is 0 Å². The molecule has 2 aliphatic carbocycles. The van der Waals surface area contributed by atoms with E-state index in [1.807, 2.05) is 17.8 Å². The van der Waals surface area contributed by atoms with Gasteiger partial charge in [-0.2, -0.15) is 0 Å². The van der Waals surface area contributed by atoms with Crippen LogP contribution in [0.2, 0.25) is 0 Å². The molecule has 4 heteroatoms. The SMILES string of the molecule is Cn1ccnc1C(NC(=O)C1CC=CC1)C1CC1. The first-order chi connectivity index (χ1) is 8.75. The van der Waals surface area contributed by atoms with Crippen LogP contribution in [0.1, 0.15) is 37.5 Å². The zero-order valence-electron chi connectivity index (χ0n) is 10.7. The predicted molar refractivity (Wildman–Crippen MR) is 68.7 cm³/mol. The highest BCUT2D eigenvalue weighted by Crippen LogP contribution is 2.40. The first-order valence-electron chi connectivity index (χ1n) is 6.68. The number of rotatable bonds is 4. The van der Waals surface area contributed by atoms with Crippen LogP contribution < -0.4 is 5.32 Å². The maximum absolute atomic E-state index is 12.2. The van der Waals surface area contributed by atoms with Gasteiger partial charge in [0.2, 0.25) is 5.91 Å². The molecule has 1 heterocycles. The molecule has 0 aliphatic heterocycles. The fraction of sp³-hybridized carbons (Fsp3) is 0.571. The number of hydrogen-bond acceptors (Lipinski definition) is 2. The Kier molecular flexibility index (Phi) is 2.94. The molecular weight excluding hydrogens is 226 g/mol. The lowest BCUT2D eigenvalue weighted by molar-refractivity contribution is -0.125. The summed E-state index contributed by atoms with van der Waals surface area (Å²) in [6, 6.07) is 0.0955. The van der Waals surface area contributed by atoms with E-state index in [1.165, 1.54) is 12.8 Å². The standard InChI is InChI=1S/C14H19N3O/c1-17-9-8-15-13(17)12(10-6-7-10)16-14(18)11-4-2-3-5-11/h2-3,8-12H,4-7H2,1H3,(H,16,18). The number of carbonyl (C=O) groups is 1. The molecule has 0 saturated heterocycles. The quantitative estimate of drug-likeness (QED) is 0.824. The summed E-state index contributed by atoms with van der Waals surface area (Å²) in [6.07, 6.45) is 12.1. The van der Waals surface area contributed by atoms with E-state index in [9.17, 15) is 4.79 Å². The van der Waals surface area contributed by atoms with E-state index < -0.39 is 0 Å². The third-order valence-electron chi connectivity index (χ3n) is 3.91. The van der Waals surface area contributed by atoms with E-state index in [0.29, 0.717) is 5.92 Å². The molecule has 4 nitrogen and oxygen atoms in total. The molecular formula is C14H19N3O. The van der Waals surface area contributed by atoms with Gasteiger partial charge in [-0.1, -0.05) is 12.2 Å². The number of nitrogens with zero attached hydrogens (tertiary/aromatic N) is 2. The molecule has 1 aromatic heterocycles. The van der Waals surface area contributed by atoms with Gasteiger partial charge in [-0.25, -0.2) is 4.98 Å². The summed E-state index contributed by atoms with van der Waals surface area (Å²) in [5.74, 6) is 1.87. The fourth-order valence-corrected chi connectivity index (χ4v) is 2.60. The molecule has 1 amide bonds. The van der Waals surface area contributed by atoms with E-state index in [-0.39, 0.29) is 17.9 Å². The summed E-state index contributed by atoms with van der Waals surface area (Å²) in [7, 11) is 1.99. The van der Waals surface area contributed by atoms with Crippen molar-refractivity contribution >= 4 is 5.91 Å². The monoisotopic (exact) mass is 245 g/mol. The zero-order chi connectivity index (χ0) is 12.5. The van der Waals surface area contributed by atoms with Crippen molar-refractivity contribution in [2.24, 2.45) is 18.9 Å². The Labute approximate surface area is 107 Å². The summed E-state index contributed by atoms with van der Waals surface area (Å²) < 4.78 is 2.01. The van der Waals surface area contributed by atoms with Crippen molar-refractivity contribution in [1.29, 1.82) is 0 Å². The number of imidazole rings is 1. The predicted octanol–water partition coefficient (Wildman–Crippen LogP) is 1.95.